The van der Waals surface area contributed by atoms with Gasteiger partial charge in [-0.15, -0.1) is 0 Å². The molecule has 1 aromatic rings. The van der Waals surface area contributed by atoms with E-state index in [-0.39, 0.29) is 11.2 Å². The molecule has 0 radical (unpaired) electrons. The largest absolute Gasteiger partial charge is 0.470 e. The lowest BCUT2D eigenvalue weighted by atomic mass is 10.2. The molecule has 3 nitrogen and oxygen atoms in total. The molecule has 0 spiro atoms. The minimum absolute atomic E-state index is 0.0325. The molecule has 1 heterocycles. The summed E-state index contributed by atoms with van der Waals surface area (Å²) in [6.45, 7) is 3.82. The van der Waals surface area contributed by atoms with E-state index in [4.69, 9.17) is 4.74 Å². The molecule has 0 fully saturated rings. The second kappa shape index (κ2) is 5.19. The van der Waals surface area contributed by atoms with Crippen molar-refractivity contribution in [1.29, 1.82) is 0 Å². The van der Waals surface area contributed by atoms with Crippen molar-refractivity contribution in [3.8, 4) is 0 Å². The normalized spacial score (nSPS) is 17.7. The van der Waals surface area contributed by atoms with Crippen LogP contribution in [0, 0.1) is 0 Å². The molecule has 0 bridgehead atoms. The quantitative estimate of drug-likeness (QED) is 0.754. The summed E-state index contributed by atoms with van der Waals surface area (Å²) in [5, 5.41) is 0.372. The molecule has 0 aromatic heterocycles. The molecule has 0 aliphatic carbocycles. The van der Waals surface area contributed by atoms with E-state index in [2.05, 4.69) is 4.99 Å². The second-order valence-corrected chi connectivity index (χ2v) is 4.80. The van der Waals surface area contributed by atoms with Gasteiger partial charge in [-0.25, -0.2) is 4.99 Å². The summed E-state index contributed by atoms with van der Waals surface area (Å²) in [7, 11) is 0. The standard InChI is InChI=1S/C13H13NO2S/c1-9(2)16-13-14-11(12(15)17-13)8-10-6-4-3-5-7-10/h3-9H,1-2H3/b11-8+. The summed E-state index contributed by atoms with van der Waals surface area (Å²) in [6.07, 6.45) is 1.80. The van der Waals surface area contributed by atoms with E-state index >= 15 is 0 Å². The zero-order valence-electron chi connectivity index (χ0n) is 9.71. The first-order valence-corrected chi connectivity index (χ1v) is 6.21. The first-order valence-electron chi connectivity index (χ1n) is 5.39. The van der Waals surface area contributed by atoms with Crippen LogP contribution in [0.1, 0.15) is 19.4 Å². The highest BCUT2D eigenvalue weighted by atomic mass is 32.2. The Morgan fingerprint density at radius 1 is 1.29 bits per heavy atom. The van der Waals surface area contributed by atoms with Crippen molar-refractivity contribution < 1.29 is 9.53 Å². The minimum atomic E-state index is -0.0653. The Morgan fingerprint density at radius 2 is 2.00 bits per heavy atom. The SMILES string of the molecule is CC(C)OC1=N/C(=C/c2ccccc2)C(=O)S1. The van der Waals surface area contributed by atoms with Crippen molar-refractivity contribution in [2.24, 2.45) is 4.99 Å². The molecule has 0 saturated carbocycles. The highest BCUT2D eigenvalue weighted by Gasteiger charge is 2.23. The van der Waals surface area contributed by atoms with Crippen molar-refractivity contribution >= 4 is 28.2 Å². The van der Waals surface area contributed by atoms with Gasteiger partial charge in [-0.1, -0.05) is 30.3 Å². The number of carbonyl (C=O) groups is 1. The molecule has 0 saturated heterocycles. The Balaban J connectivity index is 2.19. The second-order valence-electron chi connectivity index (χ2n) is 3.87. The van der Waals surface area contributed by atoms with Gasteiger partial charge < -0.3 is 4.74 Å². The van der Waals surface area contributed by atoms with Gasteiger partial charge in [0.15, 0.2) is 0 Å². The molecule has 4 heteroatoms. The monoisotopic (exact) mass is 247 g/mol. The van der Waals surface area contributed by atoms with Crippen LogP contribution in [0.15, 0.2) is 41.0 Å². The van der Waals surface area contributed by atoms with E-state index in [1.807, 2.05) is 44.2 Å². The summed E-state index contributed by atoms with van der Waals surface area (Å²) >= 11 is 1.04. The topological polar surface area (TPSA) is 38.7 Å². The van der Waals surface area contributed by atoms with Crippen LogP contribution in [-0.4, -0.2) is 16.4 Å². The van der Waals surface area contributed by atoms with E-state index < -0.39 is 0 Å². The van der Waals surface area contributed by atoms with Crippen molar-refractivity contribution in [3.63, 3.8) is 0 Å². The van der Waals surface area contributed by atoms with Crippen LogP contribution in [0.2, 0.25) is 0 Å². The maximum absolute atomic E-state index is 11.7. The molecular formula is C13H13NO2S. The van der Waals surface area contributed by atoms with Gasteiger partial charge in [0.25, 0.3) is 5.23 Å². The summed E-state index contributed by atoms with van der Waals surface area (Å²) in [4.78, 5) is 15.8. The summed E-state index contributed by atoms with van der Waals surface area (Å²) in [5.41, 5.74) is 1.41. The van der Waals surface area contributed by atoms with Gasteiger partial charge >= 0.3 is 0 Å². The third-order valence-corrected chi connectivity index (χ3v) is 2.80. The summed E-state index contributed by atoms with van der Waals surface area (Å²) in [6, 6.07) is 9.65. The summed E-state index contributed by atoms with van der Waals surface area (Å²) in [5.74, 6) is 0. The number of rotatable bonds is 2. The Morgan fingerprint density at radius 3 is 2.65 bits per heavy atom. The van der Waals surface area contributed by atoms with Crippen molar-refractivity contribution in [2.75, 3.05) is 0 Å². The fraction of sp³-hybridized carbons (Fsp3) is 0.231. The molecule has 88 valence electrons. The van der Waals surface area contributed by atoms with E-state index in [1.54, 1.807) is 6.08 Å². The van der Waals surface area contributed by atoms with Crippen LogP contribution < -0.4 is 0 Å². The predicted molar refractivity (Wildman–Crippen MR) is 70.7 cm³/mol. The zero-order valence-corrected chi connectivity index (χ0v) is 10.5. The van der Waals surface area contributed by atoms with E-state index in [9.17, 15) is 4.79 Å². The number of hydrogen-bond donors (Lipinski definition) is 0. The third-order valence-electron chi connectivity index (χ3n) is 2.04. The van der Waals surface area contributed by atoms with Gasteiger partial charge in [-0.2, -0.15) is 0 Å². The van der Waals surface area contributed by atoms with Crippen molar-refractivity contribution in [3.05, 3.63) is 41.6 Å². The van der Waals surface area contributed by atoms with Crippen molar-refractivity contribution in [1.82, 2.24) is 0 Å². The Labute approximate surface area is 105 Å². The highest BCUT2D eigenvalue weighted by molar-refractivity contribution is 8.26. The molecule has 1 aromatic carbocycles. The van der Waals surface area contributed by atoms with Gasteiger partial charge in [0.05, 0.1) is 6.10 Å². The van der Waals surface area contributed by atoms with E-state index in [1.165, 1.54) is 0 Å². The van der Waals surface area contributed by atoms with Gasteiger partial charge in [0.1, 0.15) is 5.70 Å². The van der Waals surface area contributed by atoms with Crippen LogP contribution in [0.4, 0.5) is 0 Å². The molecule has 1 aliphatic rings. The van der Waals surface area contributed by atoms with Gasteiger partial charge in [-0.05, 0) is 25.5 Å². The Kier molecular flexibility index (Phi) is 3.64. The zero-order chi connectivity index (χ0) is 12.3. The lowest BCUT2D eigenvalue weighted by molar-refractivity contribution is -0.107. The highest BCUT2D eigenvalue weighted by Crippen LogP contribution is 2.26. The Bertz CT molecular complexity index is 477. The molecular weight excluding hydrogens is 234 g/mol. The van der Waals surface area contributed by atoms with E-state index in [0.29, 0.717) is 10.9 Å². The molecule has 0 N–H and O–H groups in total. The lowest BCUT2D eigenvalue weighted by Crippen LogP contribution is -2.06. The maximum Gasteiger partial charge on any atom is 0.259 e. The molecule has 0 unspecified atom stereocenters. The fourth-order valence-corrected chi connectivity index (χ4v) is 2.10. The number of benzene rings is 1. The number of hydrogen-bond acceptors (Lipinski definition) is 4. The number of aliphatic imine (C=N–C) groups is 1. The first-order chi connectivity index (χ1) is 8.15. The molecule has 1 aliphatic heterocycles. The van der Waals surface area contributed by atoms with Crippen molar-refractivity contribution in [2.45, 2.75) is 20.0 Å². The van der Waals surface area contributed by atoms with Gasteiger partial charge in [0.2, 0.25) is 5.12 Å². The molecule has 0 amide bonds. The number of ether oxygens (including phenoxy) is 1. The average molecular weight is 247 g/mol. The van der Waals surface area contributed by atoms with Gasteiger partial charge in [0, 0.05) is 11.8 Å². The van der Waals surface area contributed by atoms with Crippen LogP contribution in [0.5, 0.6) is 0 Å². The van der Waals surface area contributed by atoms with Crippen LogP contribution in [-0.2, 0) is 9.53 Å². The first kappa shape index (κ1) is 11.9. The molecule has 2 rings (SSSR count). The number of thioether (sulfide) groups is 1. The van der Waals surface area contributed by atoms with Gasteiger partial charge in [-0.3, -0.25) is 4.79 Å². The lowest BCUT2D eigenvalue weighted by Gasteiger charge is -2.05. The van der Waals surface area contributed by atoms with Crippen LogP contribution in [0.25, 0.3) is 6.08 Å². The van der Waals surface area contributed by atoms with Crippen LogP contribution >= 0.6 is 11.8 Å². The Hall–Kier alpha value is -1.55. The number of nitrogens with zero attached hydrogens (tertiary/aromatic N) is 1. The molecule has 0 atom stereocenters. The molecule has 17 heavy (non-hydrogen) atoms. The van der Waals surface area contributed by atoms with Crippen LogP contribution in [0.3, 0.4) is 0 Å². The average Bonchev–Trinajstić information content (AvgIpc) is 2.59. The third kappa shape index (κ3) is 3.20. The predicted octanol–water partition coefficient (Wildman–Crippen LogP) is 3.08. The smallest absolute Gasteiger partial charge is 0.259 e. The minimum Gasteiger partial charge on any atom is -0.470 e. The fourth-order valence-electron chi connectivity index (χ4n) is 1.35. The summed E-state index contributed by atoms with van der Waals surface area (Å²) < 4.78 is 5.40. The van der Waals surface area contributed by atoms with E-state index in [0.717, 1.165) is 17.3 Å². The maximum atomic E-state index is 11.7. The number of carbonyl (C=O) groups excluding carboxylic acids is 1.